The lowest BCUT2D eigenvalue weighted by Gasteiger charge is -2.31. The molecule has 0 amide bonds. The smallest absolute Gasteiger partial charge is 0.282 e. The first kappa shape index (κ1) is 16.3. The van der Waals surface area contributed by atoms with Gasteiger partial charge in [0.1, 0.15) is 0 Å². The highest BCUT2D eigenvalue weighted by Crippen LogP contribution is 2.35. The van der Waals surface area contributed by atoms with Gasteiger partial charge >= 0.3 is 0 Å². The number of morpholine rings is 1. The second-order valence-corrected chi connectivity index (χ2v) is 8.72. The average Bonchev–Trinajstić information content (AvgIpc) is 2.83. The lowest BCUT2D eigenvalue weighted by Crippen LogP contribution is -2.49. The zero-order valence-corrected chi connectivity index (χ0v) is 14.2. The van der Waals surface area contributed by atoms with E-state index in [-0.39, 0.29) is 0 Å². The minimum absolute atomic E-state index is 0.381. The molecule has 2 saturated heterocycles. The highest BCUT2D eigenvalue weighted by atomic mass is 32.2. The van der Waals surface area contributed by atoms with E-state index in [1.807, 2.05) is 30.0 Å². The molecule has 5 nitrogen and oxygen atoms in total. The van der Waals surface area contributed by atoms with E-state index in [1.54, 1.807) is 8.61 Å². The largest absolute Gasteiger partial charge is 0.379 e. The third-order valence-corrected chi connectivity index (χ3v) is 7.46. The molecule has 3 rings (SSSR count). The molecule has 122 valence electrons. The van der Waals surface area contributed by atoms with Crippen molar-refractivity contribution in [2.45, 2.75) is 11.7 Å². The van der Waals surface area contributed by atoms with Crippen molar-refractivity contribution in [1.82, 2.24) is 8.61 Å². The number of benzene rings is 1. The summed E-state index contributed by atoms with van der Waals surface area (Å²) in [4.78, 5) is 0. The first-order chi connectivity index (χ1) is 10.7. The van der Waals surface area contributed by atoms with E-state index in [9.17, 15) is 8.42 Å². The Morgan fingerprint density at radius 2 is 1.68 bits per heavy atom. The summed E-state index contributed by atoms with van der Waals surface area (Å²) in [6, 6.07) is 10.4. The highest BCUT2D eigenvalue weighted by molar-refractivity contribution is 7.99. The van der Waals surface area contributed by atoms with Gasteiger partial charge in [0, 0.05) is 37.2 Å². The van der Waals surface area contributed by atoms with Gasteiger partial charge in [0.2, 0.25) is 0 Å². The molecule has 2 aliphatic rings. The van der Waals surface area contributed by atoms with Crippen molar-refractivity contribution in [3.8, 4) is 0 Å². The third-order valence-electron chi connectivity index (χ3n) is 4.09. The van der Waals surface area contributed by atoms with Crippen LogP contribution in [0.15, 0.2) is 30.3 Å². The Morgan fingerprint density at radius 3 is 2.41 bits per heavy atom. The maximum absolute atomic E-state index is 12.7. The minimum Gasteiger partial charge on any atom is -0.379 e. The minimum atomic E-state index is -3.34. The normalized spacial score (nSPS) is 25.7. The first-order valence-corrected chi connectivity index (χ1v) is 10.1. The molecular formula is C15H22N2O3S2. The Morgan fingerprint density at radius 1 is 1.00 bits per heavy atom. The Bertz CT molecular complexity index is 574. The molecule has 0 N–H and O–H groups in total. The van der Waals surface area contributed by atoms with Crippen LogP contribution in [0.2, 0.25) is 0 Å². The molecule has 0 spiro atoms. The molecule has 2 fully saturated rings. The zero-order chi connectivity index (χ0) is 15.4. The molecule has 0 aliphatic carbocycles. The van der Waals surface area contributed by atoms with Crippen LogP contribution < -0.4 is 0 Å². The van der Waals surface area contributed by atoms with Crippen molar-refractivity contribution in [3.05, 3.63) is 35.9 Å². The van der Waals surface area contributed by atoms with Gasteiger partial charge in [-0.05, 0) is 12.0 Å². The molecule has 0 bridgehead atoms. The van der Waals surface area contributed by atoms with E-state index >= 15 is 0 Å². The van der Waals surface area contributed by atoms with Gasteiger partial charge in [0.15, 0.2) is 0 Å². The predicted octanol–water partition coefficient (Wildman–Crippen LogP) is 1.74. The quantitative estimate of drug-likeness (QED) is 0.840. The second kappa shape index (κ2) is 7.31. The lowest BCUT2D eigenvalue weighted by atomic mass is 10.1. The molecule has 1 aromatic carbocycles. The molecule has 7 heteroatoms. The Kier molecular flexibility index (Phi) is 5.41. The fraction of sp³-hybridized carbons (Fsp3) is 0.600. The maximum atomic E-state index is 12.7. The molecule has 2 heterocycles. The Balaban J connectivity index is 1.67. The zero-order valence-electron chi connectivity index (χ0n) is 12.6. The van der Waals surface area contributed by atoms with Crippen LogP contribution in [0.4, 0.5) is 0 Å². The Hall–Kier alpha value is -0.600. The molecule has 22 heavy (non-hydrogen) atoms. The number of thioether (sulfide) groups is 1. The predicted molar refractivity (Wildman–Crippen MR) is 89.1 cm³/mol. The van der Waals surface area contributed by atoms with E-state index in [4.69, 9.17) is 4.74 Å². The van der Waals surface area contributed by atoms with Crippen molar-refractivity contribution in [1.29, 1.82) is 0 Å². The van der Waals surface area contributed by atoms with Gasteiger partial charge in [-0.15, -0.1) is 0 Å². The number of ether oxygens (including phenoxy) is 1. The van der Waals surface area contributed by atoms with Crippen LogP contribution in [-0.4, -0.2) is 62.2 Å². The van der Waals surface area contributed by atoms with E-state index in [0.717, 1.165) is 12.2 Å². The average molecular weight is 342 g/mol. The summed E-state index contributed by atoms with van der Waals surface area (Å²) in [7, 11) is -3.34. The van der Waals surface area contributed by atoms with E-state index in [1.165, 1.54) is 5.56 Å². The van der Waals surface area contributed by atoms with Crippen LogP contribution >= 0.6 is 11.8 Å². The van der Waals surface area contributed by atoms with Crippen molar-refractivity contribution < 1.29 is 13.2 Å². The SMILES string of the molecule is O=S(=O)(N1CCOCC1)N1CCS[C@H](c2ccccc2)CC1. The number of nitrogens with zero attached hydrogens (tertiary/aromatic N) is 2. The monoisotopic (exact) mass is 342 g/mol. The summed E-state index contributed by atoms with van der Waals surface area (Å²) in [5.74, 6) is 0.836. The van der Waals surface area contributed by atoms with Gasteiger partial charge in [-0.3, -0.25) is 0 Å². The van der Waals surface area contributed by atoms with E-state index in [0.29, 0.717) is 44.6 Å². The second-order valence-electron chi connectivity index (χ2n) is 5.48. The fourth-order valence-electron chi connectivity index (χ4n) is 2.86. The molecule has 0 saturated carbocycles. The van der Waals surface area contributed by atoms with Gasteiger partial charge in [-0.1, -0.05) is 30.3 Å². The molecule has 1 atom stereocenters. The standard InChI is InChI=1S/C15H22N2O3S2/c18-22(19,17-8-11-20-12-9-17)16-7-6-15(21-13-10-16)14-4-2-1-3-5-14/h1-5,15H,6-13H2/t15-/m0/s1. The van der Waals surface area contributed by atoms with E-state index < -0.39 is 10.2 Å². The van der Waals surface area contributed by atoms with Crippen molar-refractivity contribution >= 4 is 22.0 Å². The van der Waals surface area contributed by atoms with Crippen molar-refractivity contribution in [2.75, 3.05) is 45.1 Å². The Labute approximate surface area is 136 Å². The van der Waals surface area contributed by atoms with Crippen LogP contribution in [0, 0.1) is 0 Å². The van der Waals surface area contributed by atoms with Gasteiger partial charge in [0.05, 0.1) is 13.2 Å². The molecule has 2 aliphatic heterocycles. The van der Waals surface area contributed by atoms with Gasteiger partial charge in [0.25, 0.3) is 10.2 Å². The number of rotatable bonds is 3. The fourth-order valence-corrected chi connectivity index (χ4v) is 5.80. The molecule has 1 aromatic rings. The van der Waals surface area contributed by atoms with Gasteiger partial charge < -0.3 is 4.74 Å². The highest BCUT2D eigenvalue weighted by Gasteiger charge is 2.32. The lowest BCUT2D eigenvalue weighted by molar-refractivity contribution is 0.0703. The first-order valence-electron chi connectivity index (χ1n) is 7.67. The summed E-state index contributed by atoms with van der Waals surface area (Å²) < 4.78 is 33.9. The summed E-state index contributed by atoms with van der Waals surface area (Å²) in [5.41, 5.74) is 1.29. The molecule has 0 aromatic heterocycles. The van der Waals surface area contributed by atoms with Crippen molar-refractivity contribution in [2.24, 2.45) is 0 Å². The van der Waals surface area contributed by atoms with Crippen molar-refractivity contribution in [3.63, 3.8) is 0 Å². The number of hydrogen-bond acceptors (Lipinski definition) is 4. The summed E-state index contributed by atoms with van der Waals surface area (Å²) in [6.07, 6.45) is 0.859. The van der Waals surface area contributed by atoms with Gasteiger partial charge in [-0.2, -0.15) is 28.8 Å². The summed E-state index contributed by atoms with van der Waals surface area (Å²) in [6.45, 7) is 3.10. The molecule has 0 radical (unpaired) electrons. The molecular weight excluding hydrogens is 320 g/mol. The number of hydrogen-bond donors (Lipinski definition) is 0. The van der Waals surface area contributed by atoms with E-state index in [2.05, 4.69) is 12.1 Å². The molecule has 0 unspecified atom stereocenters. The van der Waals surface area contributed by atoms with Crippen LogP contribution in [0.5, 0.6) is 0 Å². The van der Waals surface area contributed by atoms with Crippen LogP contribution in [0.1, 0.15) is 17.2 Å². The van der Waals surface area contributed by atoms with Gasteiger partial charge in [-0.25, -0.2) is 0 Å². The van der Waals surface area contributed by atoms with Crippen LogP contribution in [0.3, 0.4) is 0 Å². The van der Waals surface area contributed by atoms with Crippen LogP contribution in [-0.2, 0) is 14.9 Å². The topological polar surface area (TPSA) is 49.9 Å². The maximum Gasteiger partial charge on any atom is 0.282 e. The summed E-state index contributed by atoms with van der Waals surface area (Å²) >= 11 is 1.85. The summed E-state index contributed by atoms with van der Waals surface area (Å²) in [5, 5.41) is 0.381. The van der Waals surface area contributed by atoms with Crippen LogP contribution in [0.25, 0.3) is 0 Å². The third kappa shape index (κ3) is 3.65.